The summed E-state index contributed by atoms with van der Waals surface area (Å²) in [6, 6.07) is 0. The second kappa shape index (κ2) is 2.50. The standard InChI is InChI=1S/C6H4BrF3N/c1-3-2-4(6(8,9)10)11-5(3)7/h2H,1H3/q+1. The van der Waals surface area contributed by atoms with E-state index in [0.717, 1.165) is 6.08 Å². The molecule has 0 saturated heterocycles. The Kier molecular flexibility index (Phi) is 1.94. The van der Waals surface area contributed by atoms with Crippen LogP contribution in [0.3, 0.4) is 0 Å². The molecule has 1 aliphatic heterocycles. The fraction of sp³-hybridized carbons (Fsp3) is 0.333. The normalized spacial score (nSPS) is 17.7. The molecule has 0 aromatic carbocycles. The van der Waals surface area contributed by atoms with Gasteiger partial charge in [0.05, 0.1) is 5.57 Å². The maximum absolute atomic E-state index is 11.9. The lowest BCUT2D eigenvalue weighted by atomic mass is 10.2. The van der Waals surface area contributed by atoms with Gasteiger partial charge in [0.2, 0.25) is 0 Å². The summed E-state index contributed by atoms with van der Waals surface area (Å²) in [4.78, 5) is 0. The van der Waals surface area contributed by atoms with Gasteiger partial charge in [-0.05, 0) is 6.92 Å². The topological polar surface area (TPSA) is 14.1 Å². The number of alkyl halides is 3. The van der Waals surface area contributed by atoms with Gasteiger partial charge in [-0.25, -0.2) is 0 Å². The number of rotatable bonds is 0. The van der Waals surface area contributed by atoms with Crippen LogP contribution in [0.4, 0.5) is 13.2 Å². The molecule has 0 unspecified atom stereocenters. The Morgan fingerprint density at radius 1 is 1.45 bits per heavy atom. The molecule has 0 aliphatic carbocycles. The molecular weight excluding hydrogens is 223 g/mol. The first-order chi connectivity index (χ1) is 4.91. The van der Waals surface area contributed by atoms with Gasteiger partial charge in [0, 0.05) is 22.0 Å². The molecule has 0 saturated carbocycles. The Hall–Kier alpha value is -0.540. The minimum Gasteiger partial charge on any atom is -0.160 e. The van der Waals surface area contributed by atoms with Crippen molar-refractivity contribution < 1.29 is 13.2 Å². The van der Waals surface area contributed by atoms with Crippen LogP contribution in [-0.4, -0.2) is 16.5 Å². The first-order valence-corrected chi connectivity index (χ1v) is 3.57. The van der Waals surface area contributed by atoms with Crippen LogP contribution in [0.1, 0.15) is 6.92 Å². The van der Waals surface area contributed by atoms with Crippen LogP contribution in [0.5, 0.6) is 0 Å². The van der Waals surface area contributed by atoms with Crippen molar-refractivity contribution >= 4 is 26.3 Å². The first-order valence-electron chi connectivity index (χ1n) is 2.78. The number of nitrogens with zero attached hydrogens (tertiary/aromatic N) is 1. The van der Waals surface area contributed by atoms with Crippen molar-refractivity contribution in [3.05, 3.63) is 11.6 Å². The summed E-state index contributed by atoms with van der Waals surface area (Å²) in [7, 11) is 0. The molecule has 0 aromatic heterocycles. The van der Waals surface area contributed by atoms with E-state index in [1.807, 2.05) is 0 Å². The number of allylic oxidation sites excluding steroid dienone is 2. The molecule has 0 radical (unpaired) electrons. The number of hydrogen-bond acceptors (Lipinski definition) is 0. The zero-order chi connectivity index (χ0) is 8.65. The number of halogens is 4. The molecule has 1 heterocycles. The zero-order valence-corrected chi connectivity index (χ0v) is 7.12. The molecule has 0 atom stereocenters. The van der Waals surface area contributed by atoms with Gasteiger partial charge in [0.1, 0.15) is 0 Å². The SMILES string of the molecule is CC1=CC(C(F)(F)F)=[N+]=C1Br. The second-order valence-corrected chi connectivity index (χ2v) is 2.86. The summed E-state index contributed by atoms with van der Waals surface area (Å²) < 4.78 is 39.2. The Bertz CT molecular complexity index is 281. The average molecular weight is 227 g/mol. The maximum Gasteiger partial charge on any atom is 0.495 e. The van der Waals surface area contributed by atoms with Gasteiger partial charge >= 0.3 is 16.5 Å². The zero-order valence-electron chi connectivity index (χ0n) is 5.54. The van der Waals surface area contributed by atoms with Crippen LogP contribution in [0.15, 0.2) is 11.6 Å². The summed E-state index contributed by atoms with van der Waals surface area (Å²) >= 11 is 2.90. The second-order valence-electron chi connectivity index (χ2n) is 2.11. The highest BCUT2D eigenvalue weighted by atomic mass is 79.9. The molecule has 1 rings (SSSR count). The molecule has 0 fully saturated rings. The Balaban J connectivity index is 3.06. The summed E-state index contributed by atoms with van der Waals surface area (Å²) in [6.07, 6.45) is -3.33. The smallest absolute Gasteiger partial charge is 0.160 e. The predicted molar refractivity (Wildman–Crippen MR) is 40.9 cm³/mol. The molecule has 5 heteroatoms. The van der Waals surface area contributed by atoms with Crippen molar-refractivity contribution in [3.63, 3.8) is 0 Å². The van der Waals surface area contributed by atoms with Gasteiger partial charge in [-0.15, -0.1) is 0 Å². The van der Waals surface area contributed by atoms with Gasteiger partial charge in [-0.2, -0.15) is 13.2 Å². The van der Waals surface area contributed by atoms with E-state index in [4.69, 9.17) is 0 Å². The average Bonchev–Trinajstić information content (AvgIpc) is 2.11. The Morgan fingerprint density at radius 2 is 2.00 bits per heavy atom. The Morgan fingerprint density at radius 3 is 2.18 bits per heavy atom. The van der Waals surface area contributed by atoms with Crippen molar-refractivity contribution in [3.8, 4) is 0 Å². The minimum atomic E-state index is -4.34. The maximum atomic E-state index is 11.9. The fourth-order valence-electron chi connectivity index (χ4n) is 0.636. The van der Waals surface area contributed by atoms with E-state index >= 15 is 0 Å². The summed E-state index contributed by atoms with van der Waals surface area (Å²) in [5.74, 6) is 0. The molecule has 0 bridgehead atoms. The molecule has 11 heavy (non-hydrogen) atoms. The van der Waals surface area contributed by atoms with Crippen LogP contribution >= 0.6 is 15.9 Å². The van der Waals surface area contributed by atoms with E-state index in [1.54, 1.807) is 6.92 Å². The van der Waals surface area contributed by atoms with E-state index in [2.05, 4.69) is 20.6 Å². The third-order valence-corrected chi connectivity index (χ3v) is 1.99. The van der Waals surface area contributed by atoms with Crippen LogP contribution in [0.2, 0.25) is 0 Å². The number of hydrogen-bond donors (Lipinski definition) is 0. The quantitative estimate of drug-likeness (QED) is 0.560. The predicted octanol–water partition coefficient (Wildman–Crippen LogP) is 1.81. The fourth-order valence-corrected chi connectivity index (χ4v) is 0.942. The van der Waals surface area contributed by atoms with Crippen LogP contribution in [0, 0.1) is 0 Å². The molecule has 0 N–H and O–H groups in total. The lowest BCUT2D eigenvalue weighted by molar-refractivity contribution is -0.0577. The minimum absolute atomic E-state index is 0.254. The van der Waals surface area contributed by atoms with E-state index in [-0.39, 0.29) is 4.62 Å². The van der Waals surface area contributed by atoms with Gasteiger partial charge in [0.25, 0.3) is 0 Å². The Labute approximate surface area is 69.5 Å². The van der Waals surface area contributed by atoms with E-state index in [9.17, 15) is 13.2 Å². The van der Waals surface area contributed by atoms with Gasteiger partial charge in [0.15, 0.2) is 0 Å². The third-order valence-electron chi connectivity index (χ3n) is 1.19. The molecule has 0 aromatic rings. The van der Waals surface area contributed by atoms with Crippen molar-refractivity contribution in [2.24, 2.45) is 0 Å². The third kappa shape index (κ3) is 1.73. The monoisotopic (exact) mass is 226 g/mol. The van der Waals surface area contributed by atoms with Crippen molar-refractivity contribution in [1.82, 2.24) is 4.67 Å². The summed E-state index contributed by atoms with van der Waals surface area (Å²) in [6.45, 7) is 1.56. The molecular formula is C6H4BrF3N+. The van der Waals surface area contributed by atoms with E-state index < -0.39 is 11.9 Å². The lowest BCUT2D eigenvalue weighted by Gasteiger charge is -1.91. The van der Waals surface area contributed by atoms with Crippen molar-refractivity contribution in [2.45, 2.75) is 13.1 Å². The molecule has 1 nitrogen and oxygen atoms in total. The van der Waals surface area contributed by atoms with Crippen molar-refractivity contribution in [1.29, 1.82) is 0 Å². The lowest BCUT2D eigenvalue weighted by Crippen LogP contribution is -2.21. The van der Waals surface area contributed by atoms with Crippen molar-refractivity contribution in [2.75, 3.05) is 0 Å². The molecule has 0 amide bonds. The summed E-state index contributed by atoms with van der Waals surface area (Å²) in [5, 5.41) is 0. The highest BCUT2D eigenvalue weighted by molar-refractivity contribution is 9.18. The molecule has 0 spiro atoms. The van der Waals surface area contributed by atoms with Gasteiger partial charge in [-0.1, -0.05) is 4.67 Å². The molecule has 60 valence electrons. The highest BCUT2D eigenvalue weighted by Gasteiger charge is 2.46. The largest absolute Gasteiger partial charge is 0.495 e. The van der Waals surface area contributed by atoms with Gasteiger partial charge < -0.3 is 0 Å². The highest BCUT2D eigenvalue weighted by Crippen LogP contribution is 2.20. The van der Waals surface area contributed by atoms with Crippen LogP contribution in [-0.2, 0) is 0 Å². The van der Waals surface area contributed by atoms with E-state index in [1.165, 1.54) is 0 Å². The van der Waals surface area contributed by atoms with Crippen LogP contribution in [0.25, 0.3) is 0 Å². The van der Waals surface area contributed by atoms with E-state index in [0.29, 0.717) is 5.57 Å². The van der Waals surface area contributed by atoms with Crippen LogP contribution < -0.4 is 4.67 Å². The summed E-state index contributed by atoms with van der Waals surface area (Å²) in [5.41, 5.74) is -0.348. The first kappa shape index (κ1) is 8.56. The van der Waals surface area contributed by atoms with Gasteiger partial charge in [-0.3, -0.25) is 0 Å². The molecule has 1 aliphatic rings.